The molecule has 4 saturated carbocycles. The topological polar surface area (TPSA) is 32.3 Å². The Morgan fingerprint density at radius 3 is 2.28 bits per heavy atom. The Hall–Kier alpha value is -1.02. The summed E-state index contributed by atoms with van der Waals surface area (Å²) in [5.41, 5.74) is 0.924. The molecule has 4 fully saturated rings. The predicted molar refractivity (Wildman–Crippen MR) is 72.4 cm³/mol. The van der Waals surface area contributed by atoms with Gasteiger partial charge in [-0.2, -0.15) is 0 Å². The fraction of sp³-hybridized carbons (Fsp3) is 0.625. The Balaban J connectivity index is 1.57. The standard InChI is InChI=1S/C16H21NO/c18-16-8-11-6-12(9-16)15(13(7-11)10-16)17-14-4-2-1-3-5-14/h1-5,11-13,15,17-18H,6-10H2/t11?,12-,13-,15?,16?/m0/s1. The molecule has 0 amide bonds. The second kappa shape index (κ2) is 3.74. The summed E-state index contributed by atoms with van der Waals surface area (Å²) in [7, 11) is 0. The van der Waals surface area contributed by atoms with E-state index in [0.717, 1.165) is 25.2 Å². The number of benzene rings is 1. The minimum absolute atomic E-state index is 0.314. The molecule has 1 aromatic rings. The van der Waals surface area contributed by atoms with Gasteiger partial charge in [0.15, 0.2) is 0 Å². The molecule has 0 aromatic heterocycles. The summed E-state index contributed by atoms with van der Waals surface area (Å²) in [4.78, 5) is 0. The Bertz CT molecular complexity index is 428. The van der Waals surface area contributed by atoms with E-state index in [0.29, 0.717) is 17.9 Å². The Labute approximate surface area is 108 Å². The first-order chi connectivity index (χ1) is 8.72. The van der Waals surface area contributed by atoms with Gasteiger partial charge in [-0.3, -0.25) is 0 Å². The molecule has 18 heavy (non-hydrogen) atoms. The van der Waals surface area contributed by atoms with Gasteiger partial charge in [0.05, 0.1) is 5.60 Å². The van der Waals surface area contributed by atoms with Crippen molar-refractivity contribution in [2.24, 2.45) is 17.8 Å². The Kier molecular flexibility index (Phi) is 2.25. The third kappa shape index (κ3) is 1.66. The lowest BCUT2D eigenvalue weighted by Gasteiger charge is -2.58. The van der Waals surface area contributed by atoms with Gasteiger partial charge in [0.1, 0.15) is 0 Å². The molecule has 0 spiro atoms. The molecule has 2 atom stereocenters. The maximum Gasteiger partial charge on any atom is 0.0657 e. The van der Waals surface area contributed by atoms with Gasteiger partial charge in [-0.25, -0.2) is 0 Å². The van der Waals surface area contributed by atoms with Crippen molar-refractivity contribution in [2.45, 2.75) is 43.7 Å². The number of hydrogen-bond donors (Lipinski definition) is 2. The lowest BCUT2D eigenvalue weighted by Crippen LogP contribution is -2.58. The van der Waals surface area contributed by atoms with Crippen LogP contribution in [0.25, 0.3) is 0 Å². The van der Waals surface area contributed by atoms with Gasteiger partial charge in [-0.15, -0.1) is 0 Å². The summed E-state index contributed by atoms with van der Waals surface area (Å²) in [5.74, 6) is 2.16. The highest BCUT2D eigenvalue weighted by molar-refractivity contribution is 5.44. The second-order valence-electron chi connectivity index (χ2n) is 6.73. The minimum Gasteiger partial charge on any atom is -0.390 e. The maximum absolute atomic E-state index is 10.6. The van der Waals surface area contributed by atoms with Crippen molar-refractivity contribution >= 4 is 5.69 Å². The SMILES string of the molecule is OC12CC3C[C@@H](C1)C(Nc1ccccc1)[C@@H](C3)C2. The van der Waals surface area contributed by atoms with Gasteiger partial charge < -0.3 is 10.4 Å². The maximum atomic E-state index is 10.6. The normalized spacial score (nSPS) is 45.2. The molecular formula is C16H21NO. The summed E-state index contributed by atoms with van der Waals surface area (Å²) < 4.78 is 0. The number of aliphatic hydroxyl groups is 1. The van der Waals surface area contributed by atoms with Gasteiger partial charge in [-0.1, -0.05) is 18.2 Å². The van der Waals surface area contributed by atoms with Crippen LogP contribution < -0.4 is 5.32 Å². The summed E-state index contributed by atoms with van der Waals surface area (Å²) in [6.45, 7) is 0. The number of hydrogen-bond acceptors (Lipinski definition) is 2. The van der Waals surface area contributed by atoms with Crippen LogP contribution in [0.3, 0.4) is 0 Å². The molecule has 0 radical (unpaired) electrons. The van der Waals surface area contributed by atoms with Crippen molar-refractivity contribution in [3.05, 3.63) is 30.3 Å². The van der Waals surface area contributed by atoms with E-state index in [1.165, 1.54) is 18.5 Å². The van der Waals surface area contributed by atoms with Crippen LogP contribution in [0.2, 0.25) is 0 Å². The molecule has 2 heteroatoms. The molecular weight excluding hydrogens is 222 g/mol. The van der Waals surface area contributed by atoms with Crippen LogP contribution in [0, 0.1) is 17.8 Å². The largest absolute Gasteiger partial charge is 0.390 e. The first-order valence-electron chi connectivity index (χ1n) is 7.26. The molecule has 5 rings (SSSR count). The molecule has 0 heterocycles. The first-order valence-corrected chi connectivity index (χ1v) is 7.26. The summed E-state index contributed by atoms with van der Waals surface area (Å²) in [6, 6.07) is 11.1. The minimum atomic E-state index is -0.314. The van der Waals surface area contributed by atoms with E-state index in [1.807, 2.05) is 0 Å². The average Bonchev–Trinajstić information content (AvgIpc) is 2.33. The average molecular weight is 243 g/mol. The highest BCUT2D eigenvalue weighted by Gasteiger charge is 2.54. The quantitative estimate of drug-likeness (QED) is 0.836. The van der Waals surface area contributed by atoms with Gasteiger partial charge in [-0.05, 0) is 62.0 Å². The zero-order valence-electron chi connectivity index (χ0n) is 10.7. The van der Waals surface area contributed by atoms with Gasteiger partial charge in [0, 0.05) is 11.7 Å². The van der Waals surface area contributed by atoms with Gasteiger partial charge >= 0.3 is 0 Å². The first kappa shape index (κ1) is 10.9. The number of para-hydroxylation sites is 1. The van der Waals surface area contributed by atoms with E-state index in [9.17, 15) is 5.11 Å². The second-order valence-corrected chi connectivity index (χ2v) is 6.73. The van der Waals surface area contributed by atoms with E-state index in [1.54, 1.807) is 0 Å². The smallest absolute Gasteiger partial charge is 0.0657 e. The van der Waals surface area contributed by atoms with Crippen molar-refractivity contribution in [3.8, 4) is 0 Å². The zero-order chi connectivity index (χ0) is 12.2. The predicted octanol–water partition coefficient (Wildman–Crippen LogP) is 3.04. The summed E-state index contributed by atoms with van der Waals surface area (Å²) >= 11 is 0. The van der Waals surface area contributed by atoms with Crippen molar-refractivity contribution in [3.63, 3.8) is 0 Å². The molecule has 96 valence electrons. The van der Waals surface area contributed by atoms with Crippen molar-refractivity contribution < 1.29 is 5.11 Å². The lowest BCUT2D eigenvalue weighted by atomic mass is 9.52. The van der Waals surface area contributed by atoms with Crippen molar-refractivity contribution in [1.29, 1.82) is 0 Å². The van der Waals surface area contributed by atoms with Crippen LogP contribution in [-0.4, -0.2) is 16.7 Å². The number of anilines is 1. The van der Waals surface area contributed by atoms with Crippen LogP contribution in [0.1, 0.15) is 32.1 Å². The molecule has 0 aliphatic heterocycles. The molecule has 0 unspecified atom stereocenters. The molecule has 4 bridgehead atoms. The Morgan fingerprint density at radius 1 is 1.00 bits per heavy atom. The van der Waals surface area contributed by atoms with Crippen LogP contribution in [0.5, 0.6) is 0 Å². The van der Waals surface area contributed by atoms with Crippen LogP contribution in [0.15, 0.2) is 30.3 Å². The van der Waals surface area contributed by atoms with Gasteiger partial charge in [0.25, 0.3) is 0 Å². The molecule has 4 aliphatic carbocycles. The molecule has 1 aromatic carbocycles. The third-order valence-corrected chi connectivity index (χ3v) is 5.35. The highest BCUT2D eigenvalue weighted by Crippen LogP contribution is 2.56. The summed E-state index contributed by atoms with van der Waals surface area (Å²) in [5, 5.41) is 14.3. The highest BCUT2D eigenvalue weighted by atomic mass is 16.3. The van der Waals surface area contributed by atoms with Crippen LogP contribution >= 0.6 is 0 Å². The fourth-order valence-corrected chi connectivity index (χ4v) is 4.94. The van der Waals surface area contributed by atoms with Crippen LogP contribution in [-0.2, 0) is 0 Å². The Morgan fingerprint density at radius 2 is 1.67 bits per heavy atom. The zero-order valence-corrected chi connectivity index (χ0v) is 10.7. The monoisotopic (exact) mass is 243 g/mol. The van der Waals surface area contributed by atoms with Crippen molar-refractivity contribution in [1.82, 2.24) is 0 Å². The summed E-state index contributed by atoms with van der Waals surface area (Å²) in [6.07, 6.45) is 5.75. The molecule has 0 saturated heterocycles. The number of nitrogens with one attached hydrogen (secondary N) is 1. The van der Waals surface area contributed by atoms with E-state index in [-0.39, 0.29) is 5.60 Å². The third-order valence-electron chi connectivity index (χ3n) is 5.35. The number of rotatable bonds is 2. The molecule has 4 aliphatic rings. The molecule has 2 nitrogen and oxygen atoms in total. The fourth-order valence-electron chi connectivity index (χ4n) is 4.94. The van der Waals surface area contributed by atoms with E-state index in [2.05, 4.69) is 35.6 Å². The van der Waals surface area contributed by atoms with Crippen LogP contribution in [0.4, 0.5) is 5.69 Å². The van der Waals surface area contributed by atoms with E-state index >= 15 is 0 Å². The molecule has 2 N–H and O–H groups in total. The van der Waals surface area contributed by atoms with E-state index in [4.69, 9.17) is 0 Å². The van der Waals surface area contributed by atoms with Gasteiger partial charge in [0.2, 0.25) is 0 Å². The van der Waals surface area contributed by atoms with Crippen molar-refractivity contribution in [2.75, 3.05) is 5.32 Å². The van der Waals surface area contributed by atoms with E-state index < -0.39 is 0 Å². The lowest BCUT2D eigenvalue weighted by molar-refractivity contribution is -0.129.